The van der Waals surface area contributed by atoms with Gasteiger partial charge >= 0.3 is 0 Å². The Hall–Kier alpha value is -2.12. The Bertz CT molecular complexity index is 569. The number of aromatic hydroxyl groups is 2. The van der Waals surface area contributed by atoms with E-state index in [-0.39, 0.29) is 0 Å². The predicted molar refractivity (Wildman–Crippen MR) is 47.0 cm³/mol. The van der Waals surface area contributed by atoms with E-state index in [9.17, 15) is 26.3 Å². The first-order valence-corrected chi connectivity index (χ1v) is 4.33. The van der Waals surface area contributed by atoms with Crippen molar-refractivity contribution >= 4 is 10.8 Å². The molecule has 2 N–H and O–H groups in total. The van der Waals surface area contributed by atoms with E-state index in [1.165, 1.54) is 0 Å². The summed E-state index contributed by atoms with van der Waals surface area (Å²) in [5, 5.41) is 15.2. The molecule has 0 heterocycles. The van der Waals surface area contributed by atoms with Gasteiger partial charge in [-0.1, -0.05) is 0 Å². The molecule has 0 amide bonds. The van der Waals surface area contributed by atoms with E-state index >= 15 is 0 Å². The van der Waals surface area contributed by atoms with Crippen LogP contribution in [0.1, 0.15) is 0 Å². The van der Waals surface area contributed by atoms with Crippen LogP contribution < -0.4 is 0 Å². The van der Waals surface area contributed by atoms with Crippen LogP contribution in [-0.2, 0) is 0 Å². The molecule has 0 aliphatic carbocycles. The molecule has 0 saturated heterocycles. The fraction of sp³-hybridized carbons (Fsp3) is 0. The highest BCUT2D eigenvalue weighted by Crippen LogP contribution is 2.41. The molecule has 8 heteroatoms. The van der Waals surface area contributed by atoms with Crippen LogP contribution in [0.4, 0.5) is 26.3 Å². The van der Waals surface area contributed by atoms with Crippen molar-refractivity contribution in [1.29, 1.82) is 0 Å². The van der Waals surface area contributed by atoms with E-state index in [4.69, 9.17) is 10.2 Å². The molecule has 0 bridgehead atoms. The predicted octanol–water partition coefficient (Wildman–Crippen LogP) is 3.09. The first-order valence-electron chi connectivity index (χ1n) is 4.33. The highest BCUT2D eigenvalue weighted by Gasteiger charge is 2.29. The third-order valence-corrected chi connectivity index (χ3v) is 2.35. The Morgan fingerprint density at radius 1 is 0.444 bits per heavy atom. The Balaban J connectivity index is 3.22. The van der Waals surface area contributed by atoms with Crippen LogP contribution in [0.25, 0.3) is 10.8 Å². The zero-order valence-electron chi connectivity index (χ0n) is 8.16. The van der Waals surface area contributed by atoms with Crippen molar-refractivity contribution in [1.82, 2.24) is 0 Å². The number of hydrogen-bond acceptors (Lipinski definition) is 2. The van der Waals surface area contributed by atoms with Crippen molar-refractivity contribution in [3.05, 3.63) is 34.9 Å². The van der Waals surface area contributed by atoms with Crippen LogP contribution in [0, 0.1) is 34.9 Å². The number of halogens is 6. The standard InChI is InChI=1S/C10H2F6O2/c11-3-1-2(10(18)8(16)5(3)13)4(12)6(14)7(15)9(1)17/h17-18H. The molecule has 2 aromatic rings. The Labute approximate surface area is 94.7 Å². The van der Waals surface area contributed by atoms with E-state index in [0.29, 0.717) is 0 Å². The molecule has 18 heavy (non-hydrogen) atoms. The van der Waals surface area contributed by atoms with Gasteiger partial charge < -0.3 is 10.2 Å². The number of benzene rings is 2. The van der Waals surface area contributed by atoms with E-state index in [1.807, 2.05) is 0 Å². The van der Waals surface area contributed by atoms with Gasteiger partial charge in [-0.15, -0.1) is 0 Å². The lowest BCUT2D eigenvalue weighted by molar-refractivity contribution is 0.375. The number of phenolic OH excluding ortho intramolecular Hbond substituents is 2. The van der Waals surface area contributed by atoms with Gasteiger partial charge in [-0.25, -0.2) is 17.6 Å². The average molecular weight is 268 g/mol. The monoisotopic (exact) mass is 268 g/mol. The highest BCUT2D eigenvalue weighted by molar-refractivity contribution is 5.94. The van der Waals surface area contributed by atoms with Crippen molar-refractivity contribution < 1.29 is 36.6 Å². The van der Waals surface area contributed by atoms with Crippen LogP contribution in [-0.4, -0.2) is 10.2 Å². The van der Waals surface area contributed by atoms with Gasteiger partial charge in [0.15, 0.2) is 34.8 Å². The normalized spacial score (nSPS) is 11.2. The molecule has 0 spiro atoms. The summed E-state index contributed by atoms with van der Waals surface area (Å²) in [4.78, 5) is 0. The molecular formula is C10H2F6O2. The van der Waals surface area contributed by atoms with Gasteiger partial charge in [-0.3, -0.25) is 0 Å². The molecule has 0 radical (unpaired) electrons. The third kappa shape index (κ3) is 1.31. The van der Waals surface area contributed by atoms with Gasteiger partial charge in [0.25, 0.3) is 0 Å². The molecule has 0 aliphatic heterocycles. The third-order valence-electron chi connectivity index (χ3n) is 2.35. The maximum Gasteiger partial charge on any atom is 0.204 e. The summed E-state index contributed by atoms with van der Waals surface area (Å²) in [6.45, 7) is 0. The van der Waals surface area contributed by atoms with Crippen molar-refractivity contribution in [3.8, 4) is 11.5 Å². The molecule has 0 unspecified atom stereocenters. The summed E-state index contributed by atoms with van der Waals surface area (Å²) in [6, 6.07) is 0. The first kappa shape index (κ1) is 12.3. The fourth-order valence-electron chi connectivity index (χ4n) is 1.50. The number of fused-ring (bicyclic) bond motifs is 1. The molecule has 96 valence electrons. The minimum absolute atomic E-state index is 1.48. The first-order chi connectivity index (χ1) is 8.29. The van der Waals surface area contributed by atoms with Crippen LogP contribution in [0.5, 0.6) is 11.5 Å². The summed E-state index contributed by atoms with van der Waals surface area (Å²) in [7, 11) is 0. The number of rotatable bonds is 0. The van der Waals surface area contributed by atoms with Crippen LogP contribution >= 0.6 is 0 Å². The zero-order chi connectivity index (χ0) is 13.8. The molecular weight excluding hydrogens is 266 g/mol. The van der Waals surface area contributed by atoms with Gasteiger partial charge in [-0.05, 0) is 0 Å². The van der Waals surface area contributed by atoms with E-state index < -0.39 is 57.2 Å². The van der Waals surface area contributed by atoms with Gasteiger partial charge in [0.1, 0.15) is 0 Å². The largest absolute Gasteiger partial charge is 0.504 e. The zero-order valence-corrected chi connectivity index (χ0v) is 8.16. The maximum atomic E-state index is 13.2. The molecule has 0 atom stereocenters. The lowest BCUT2D eigenvalue weighted by Crippen LogP contribution is -2.00. The second kappa shape index (κ2) is 3.69. The molecule has 0 aliphatic rings. The fourth-order valence-corrected chi connectivity index (χ4v) is 1.50. The number of hydrogen-bond donors (Lipinski definition) is 2. The summed E-state index contributed by atoms with van der Waals surface area (Å²) >= 11 is 0. The molecule has 0 fully saturated rings. The van der Waals surface area contributed by atoms with Crippen LogP contribution in [0.2, 0.25) is 0 Å². The molecule has 0 saturated carbocycles. The second-order valence-electron chi connectivity index (χ2n) is 3.33. The Morgan fingerprint density at radius 3 is 1.00 bits per heavy atom. The van der Waals surface area contributed by atoms with Gasteiger partial charge in [0.05, 0.1) is 10.8 Å². The SMILES string of the molecule is Oc1c(F)c(F)c(F)c2c(O)c(F)c(F)c(F)c12. The Morgan fingerprint density at radius 2 is 0.722 bits per heavy atom. The molecule has 2 nitrogen and oxygen atoms in total. The van der Waals surface area contributed by atoms with Crippen LogP contribution in [0.15, 0.2) is 0 Å². The van der Waals surface area contributed by atoms with Crippen molar-refractivity contribution in [2.24, 2.45) is 0 Å². The maximum absolute atomic E-state index is 13.2. The number of phenols is 2. The van der Waals surface area contributed by atoms with E-state index in [0.717, 1.165) is 0 Å². The lowest BCUT2D eigenvalue weighted by atomic mass is 10.1. The summed E-state index contributed by atoms with van der Waals surface area (Å²) < 4.78 is 78.2. The molecule has 0 aromatic heterocycles. The Kier molecular flexibility index (Phi) is 2.53. The van der Waals surface area contributed by atoms with E-state index in [2.05, 4.69) is 0 Å². The van der Waals surface area contributed by atoms with Gasteiger partial charge in [0.2, 0.25) is 11.6 Å². The second-order valence-corrected chi connectivity index (χ2v) is 3.33. The summed E-state index contributed by atoms with van der Waals surface area (Å²) in [6.07, 6.45) is 0. The average Bonchev–Trinajstić information content (AvgIpc) is 2.35. The topological polar surface area (TPSA) is 40.5 Å². The smallest absolute Gasteiger partial charge is 0.204 e. The quantitative estimate of drug-likeness (QED) is 0.569. The minimum Gasteiger partial charge on any atom is -0.504 e. The van der Waals surface area contributed by atoms with Crippen molar-refractivity contribution in [2.45, 2.75) is 0 Å². The van der Waals surface area contributed by atoms with Gasteiger partial charge in [-0.2, -0.15) is 8.78 Å². The lowest BCUT2D eigenvalue weighted by Gasteiger charge is -2.09. The minimum atomic E-state index is -2.25. The van der Waals surface area contributed by atoms with Gasteiger partial charge in [0, 0.05) is 0 Å². The van der Waals surface area contributed by atoms with Crippen molar-refractivity contribution in [2.75, 3.05) is 0 Å². The highest BCUT2D eigenvalue weighted by atomic mass is 19.2. The van der Waals surface area contributed by atoms with Crippen molar-refractivity contribution in [3.63, 3.8) is 0 Å². The molecule has 2 aromatic carbocycles. The van der Waals surface area contributed by atoms with Crippen LogP contribution in [0.3, 0.4) is 0 Å². The van der Waals surface area contributed by atoms with E-state index in [1.54, 1.807) is 0 Å². The summed E-state index contributed by atoms with van der Waals surface area (Å²) in [5.74, 6) is -16.7. The molecule has 2 rings (SSSR count). The summed E-state index contributed by atoms with van der Waals surface area (Å²) in [5.41, 5.74) is 0.